The molecule has 0 heterocycles. The number of hydrogen-bond acceptors (Lipinski definition) is 2. The first-order valence-electron chi connectivity index (χ1n) is 2.84. The molecule has 0 aliphatic heterocycles. The average Bonchev–Trinajstić information content (AvgIpc) is 1.84. The predicted octanol–water partition coefficient (Wildman–Crippen LogP) is 1.66. The third-order valence-corrected chi connectivity index (χ3v) is 1.28. The van der Waals surface area contributed by atoms with Gasteiger partial charge in [-0.1, -0.05) is 13.8 Å². The Bertz CT molecular complexity index is 80.6. The molecule has 0 saturated heterocycles. The Balaban J connectivity index is 3.46. The minimum absolute atomic E-state index is 0.278. The molecule has 0 aromatic rings. The van der Waals surface area contributed by atoms with Crippen molar-refractivity contribution < 1.29 is 4.74 Å². The standard InChI is InChI=1S/C6H13NO/c1-4-5(2)6(7)8-3/h5,7H,4H2,1-3H3/t5-/m0/s1. The minimum Gasteiger partial charge on any atom is -0.484 e. The van der Waals surface area contributed by atoms with Crippen LogP contribution in [0.25, 0.3) is 0 Å². The van der Waals surface area contributed by atoms with Gasteiger partial charge in [-0.25, -0.2) is 0 Å². The van der Waals surface area contributed by atoms with E-state index in [-0.39, 0.29) is 5.92 Å². The maximum atomic E-state index is 7.12. The summed E-state index contributed by atoms with van der Waals surface area (Å²) in [6, 6.07) is 0. The van der Waals surface area contributed by atoms with E-state index in [4.69, 9.17) is 5.41 Å². The highest BCUT2D eigenvalue weighted by Gasteiger charge is 2.03. The van der Waals surface area contributed by atoms with Crippen LogP contribution >= 0.6 is 0 Å². The number of ether oxygens (including phenoxy) is 1. The van der Waals surface area contributed by atoms with Gasteiger partial charge in [0.2, 0.25) is 0 Å². The van der Waals surface area contributed by atoms with E-state index in [0.717, 1.165) is 6.42 Å². The molecule has 0 aliphatic rings. The van der Waals surface area contributed by atoms with Crippen LogP contribution in [0.1, 0.15) is 20.3 Å². The van der Waals surface area contributed by atoms with Crippen molar-refractivity contribution in [3.05, 3.63) is 0 Å². The van der Waals surface area contributed by atoms with Crippen molar-refractivity contribution in [1.29, 1.82) is 5.41 Å². The maximum absolute atomic E-state index is 7.12. The zero-order valence-electron chi connectivity index (χ0n) is 5.69. The van der Waals surface area contributed by atoms with Crippen LogP contribution in [0.5, 0.6) is 0 Å². The third kappa shape index (κ3) is 1.96. The van der Waals surface area contributed by atoms with Crippen LogP contribution in [0, 0.1) is 11.3 Å². The molecule has 0 aliphatic carbocycles. The SMILES string of the molecule is CC[C@H](C)C(=N)OC. The highest BCUT2D eigenvalue weighted by atomic mass is 16.5. The number of methoxy groups -OCH3 is 1. The molecular weight excluding hydrogens is 102 g/mol. The molecule has 8 heavy (non-hydrogen) atoms. The van der Waals surface area contributed by atoms with Crippen molar-refractivity contribution in [3.63, 3.8) is 0 Å². The average molecular weight is 115 g/mol. The van der Waals surface area contributed by atoms with Crippen molar-refractivity contribution >= 4 is 5.90 Å². The molecule has 0 radical (unpaired) electrons. The first-order valence-corrected chi connectivity index (χ1v) is 2.84. The molecule has 1 atom stereocenters. The summed E-state index contributed by atoms with van der Waals surface area (Å²) in [5.74, 6) is 0.660. The summed E-state index contributed by atoms with van der Waals surface area (Å²) in [5, 5.41) is 7.12. The van der Waals surface area contributed by atoms with E-state index in [2.05, 4.69) is 4.74 Å². The minimum atomic E-state index is 0.278. The lowest BCUT2D eigenvalue weighted by Gasteiger charge is -2.06. The van der Waals surface area contributed by atoms with Crippen molar-refractivity contribution in [2.45, 2.75) is 20.3 Å². The van der Waals surface area contributed by atoms with Crippen LogP contribution in [0.4, 0.5) is 0 Å². The lowest BCUT2D eigenvalue weighted by molar-refractivity contribution is 0.363. The normalized spacial score (nSPS) is 12.9. The van der Waals surface area contributed by atoms with E-state index in [9.17, 15) is 0 Å². The van der Waals surface area contributed by atoms with Gasteiger partial charge in [0.15, 0.2) is 5.90 Å². The number of nitrogens with one attached hydrogen (secondary N) is 1. The Hall–Kier alpha value is -0.530. The van der Waals surface area contributed by atoms with Gasteiger partial charge in [0.25, 0.3) is 0 Å². The van der Waals surface area contributed by atoms with E-state index >= 15 is 0 Å². The number of rotatable bonds is 2. The quantitative estimate of drug-likeness (QED) is 0.431. The molecule has 0 rings (SSSR count). The first kappa shape index (κ1) is 7.47. The summed E-state index contributed by atoms with van der Waals surface area (Å²) in [7, 11) is 1.54. The largest absolute Gasteiger partial charge is 0.484 e. The first-order chi connectivity index (χ1) is 3.72. The molecule has 0 spiro atoms. The molecule has 0 saturated carbocycles. The lowest BCUT2D eigenvalue weighted by Crippen LogP contribution is -2.09. The van der Waals surface area contributed by atoms with Gasteiger partial charge < -0.3 is 4.74 Å². The summed E-state index contributed by atoms with van der Waals surface area (Å²) < 4.78 is 4.69. The van der Waals surface area contributed by atoms with Crippen molar-refractivity contribution in [2.24, 2.45) is 5.92 Å². The van der Waals surface area contributed by atoms with Gasteiger partial charge in [-0.3, -0.25) is 5.41 Å². The van der Waals surface area contributed by atoms with Gasteiger partial charge in [-0.05, 0) is 6.42 Å². The topological polar surface area (TPSA) is 33.1 Å². The lowest BCUT2D eigenvalue weighted by atomic mass is 10.1. The van der Waals surface area contributed by atoms with Gasteiger partial charge in [-0.15, -0.1) is 0 Å². The summed E-state index contributed by atoms with van der Waals surface area (Å²) in [5.41, 5.74) is 0. The maximum Gasteiger partial charge on any atom is 0.182 e. The van der Waals surface area contributed by atoms with E-state index in [1.807, 2.05) is 13.8 Å². The molecule has 2 nitrogen and oxygen atoms in total. The molecule has 0 unspecified atom stereocenters. The Morgan fingerprint density at radius 3 is 2.38 bits per heavy atom. The van der Waals surface area contributed by atoms with Crippen LogP contribution < -0.4 is 0 Å². The zero-order valence-corrected chi connectivity index (χ0v) is 5.69. The molecule has 48 valence electrons. The Morgan fingerprint density at radius 1 is 1.75 bits per heavy atom. The predicted molar refractivity (Wildman–Crippen MR) is 34.2 cm³/mol. The summed E-state index contributed by atoms with van der Waals surface area (Å²) >= 11 is 0. The monoisotopic (exact) mass is 115 g/mol. The van der Waals surface area contributed by atoms with Crippen LogP contribution in [0.15, 0.2) is 0 Å². The molecule has 1 N–H and O–H groups in total. The molecular formula is C6H13NO. The van der Waals surface area contributed by atoms with Gasteiger partial charge in [0.1, 0.15) is 0 Å². The van der Waals surface area contributed by atoms with Crippen molar-refractivity contribution in [3.8, 4) is 0 Å². The highest BCUT2D eigenvalue weighted by molar-refractivity contribution is 5.74. The molecule has 2 heteroatoms. The molecule has 0 aromatic heterocycles. The van der Waals surface area contributed by atoms with Gasteiger partial charge >= 0.3 is 0 Å². The fourth-order valence-corrected chi connectivity index (χ4v) is 0.387. The van der Waals surface area contributed by atoms with E-state index in [1.54, 1.807) is 0 Å². The summed E-state index contributed by atoms with van der Waals surface area (Å²) in [6.07, 6.45) is 0.979. The molecule has 0 bridgehead atoms. The van der Waals surface area contributed by atoms with Crippen LogP contribution in [0.3, 0.4) is 0 Å². The van der Waals surface area contributed by atoms with Gasteiger partial charge in [0.05, 0.1) is 7.11 Å². The summed E-state index contributed by atoms with van der Waals surface area (Å²) in [6.45, 7) is 4.02. The Labute approximate surface area is 50.4 Å². The Morgan fingerprint density at radius 2 is 2.25 bits per heavy atom. The van der Waals surface area contributed by atoms with E-state index in [0.29, 0.717) is 5.90 Å². The zero-order chi connectivity index (χ0) is 6.57. The second-order valence-electron chi connectivity index (χ2n) is 1.88. The molecule has 0 amide bonds. The molecule has 0 fully saturated rings. The van der Waals surface area contributed by atoms with Crippen LogP contribution in [-0.2, 0) is 4.74 Å². The summed E-state index contributed by atoms with van der Waals surface area (Å²) in [4.78, 5) is 0. The van der Waals surface area contributed by atoms with E-state index < -0.39 is 0 Å². The van der Waals surface area contributed by atoms with E-state index in [1.165, 1.54) is 7.11 Å². The van der Waals surface area contributed by atoms with Crippen molar-refractivity contribution in [1.82, 2.24) is 0 Å². The Kier molecular flexibility index (Phi) is 3.24. The highest BCUT2D eigenvalue weighted by Crippen LogP contribution is 2.01. The second-order valence-corrected chi connectivity index (χ2v) is 1.88. The second kappa shape index (κ2) is 3.47. The van der Waals surface area contributed by atoms with Crippen LogP contribution in [0.2, 0.25) is 0 Å². The molecule has 0 aromatic carbocycles. The fourth-order valence-electron chi connectivity index (χ4n) is 0.387. The number of hydrogen-bond donors (Lipinski definition) is 1. The smallest absolute Gasteiger partial charge is 0.182 e. The fraction of sp³-hybridized carbons (Fsp3) is 0.833. The third-order valence-electron chi connectivity index (χ3n) is 1.28. The van der Waals surface area contributed by atoms with Gasteiger partial charge in [0, 0.05) is 5.92 Å². The van der Waals surface area contributed by atoms with Crippen molar-refractivity contribution in [2.75, 3.05) is 7.11 Å². The van der Waals surface area contributed by atoms with Gasteiger partial charge in [-0.2, -0.15) is 0 Å². The van der Waals surface area contributed by atoms with Crippen LogP contribution in [-0.4, -0.2) is 13.0 Å².